The molecule has 5 nitrogen and oxygen atoms in total. The Morgan fingerprint density at radius 1 is 1.17 bits per heavy atom. The highest BCUT2D eigenvalue weighted by Crippen LogP contribution is 2.32. The summed E-state index contributed by atoms with van der Waals surface area (Å²) in [5.74, 6) is -1.32. The van der Waals surface area contributed by atoms with E-state index in [0.29, 0.717) is 0 Å². The molecule has 0 saturated carbocycles. The molecule has 0 aliphatic carbocycles. The molecule has 2 aromatic rings. The minimum absolute atomic E-state index is 0.0206. The molecule has 29 heavy (non-hydrogen) atoms. The van der Waals surface area contributed by atoms with Gasteiger partial charge in [-0.2, -0.15) is 0 Å². The number of carbonyl (C=O) groups excluding carboxylic acids is 1. The van der Waals surface area contributed by atoms with Crippen LogP contribution in [0.25, 0.3) is 0 Å². The second-order valence-corrected chi connectivity index (χ2v) is 8.07. The molecular weight excluding hydrogens is 376 g/mol. The van der Waals surface area contributed by atoms with Gasteiger partial charge < -0.3 is 20.6 Å². The zero-order valence-electron chi connectivity index (χ0n) is 16.3. The molecule has 1 amide bonds. The van der Waals surface area contributed by atoms with Gasteiger partial charge in [0, 0.05) is 6.04 Å². The van der Waals surface area contributed by atoms with Crippen LogP contribution in [-0.4, -0.2) is 47.2 Å². The zero-order valence-corrected chi connectivity index (χ0v) is 16.3. The van der Waals surface area contributed by atoms with E-state index in [1.807, 2.05) is 0 Å². The Hall–Kier alpha value is -2.51. The quantitative estimate of drug-likeness (QED) is 0.735. The topological polar surface area (TPSA) is 64.6 Å². The first-order valence-electron chi connectivity index (χ1n) is 9.93. The Labute approximate surface area is 168 Å². The Balaban J connectivity index is 1.52. The molecule has 0 bridgehead atoms. The third-order valence-electron chi connectivity index (χ3n) is 5.78. The van der Waals surface area contributed by atoms with Crippen LogP contribution in [0.3, 0.4) is 0 Å². The molecule has 0 radical (unpaired) electrons. The van der Waals surface area contributed by atoms with Crippen LogP contribution in [-0.2, 0) is 0 Å². The molecule has 2 saturated heterocycles. The maximum atomic E-state index is 14.2. The highest BCUT2D eigenvalue weighted by molar-refractivity contribution is 6.01. The summed E-state index contributed by atoms with van der Waals surface area (Å²) in [5.41, 5.74) is 0.433. The number of carbonyl (C=O) groups is 1. The number of benzene rings is 2. The molecule has 2 fully saturated rings. The van der Waals surface area contributed by atoms with E-state index in [-0.39, 0.29) is 42.0 Å². The van der Waals surface area contributed by atoms with Crippen LogP contribution >= 0.6 is 0 Å². The fourth-order valence-corrected chi connectivity index (χ4v) is 4.13. The van der Waals surface area contributed by atoms with E-state index >= 15 is 0 Å². The number of β-amino-alcohol motifs (C(OH)–C–C–N with tert-alkyl or cyclic N) is 1. The van der Waals surface area contributed by atoms with Crippen LogP contribution in [0.5, 0.6) is 0 Å². The maximum Gasteiger partial charge on any atom is 0.256 e. The summed E-state index contributed by atoms with van der Waals surface area (Å²) in [6.45, 7) is 3.09. The van der Waals surface area contributed by atoms with Gasteiger partial charge in [-0.1, -0.05) is 12.5 Å². The van der Waals surface area contributed by atoms with Gasteiger partial charge in [0.25, 0.3) is 5.91 Å². The summed E-state index contributed by atoms with van der Waals surface area (Å²) >= 11 is 0. The number of anilines is 2. The largest absolute Gasteiger partial charge is 0.385 e. The van der Waals surface area contributed by atoms with E-state index < -0.39 is 17.2 Å². The van der Waals surface area contributed by atoms with Crippen molar-refractivity contribution in [2.45, 2.75) is 37.8 Å². The lowest BCUT2D eigenvalue weighted by Crippen LogP contribution is -2.72. The molecule has 154 valence electrons. The number of halogens is 2. The number of aliphatic hydroxyl groups is 1. The minimum Gasteiger partial charge on any atom is -0.385 e. The summed E-state index contributed by atoms with van der Waals surface area (Å²) in [7, 11) is 0. The van der Waals surface area contributed by atoms with Gasteiger partial charge in [0.1, 0.15) is 17.2 Å². The van der Waals surface area contributed by atoms with Crippen molar-refractivity contribution in [1.29, 1.82) is 0 Å². The molecule has 2 aliphatic heterocycles. The van der Waals surface area contributed by atoms with Gasteiger partial charge in [-0.25, -0.2) is 8.78 Å². The number of nitrogens with one attached hydrogen (secondary N) is 2. The normalized spacial score (nSPS) is 20.8. The van der Waals surface area contributed by atoms with Gasteiger partial charge in [0.15, 0.2) is 0 Å². The smallest absolute Gasteiger partial charge is 0.256 e. The molecule has 0 aromatic heterocycles. The number of likely N-dealkylation sites (tertiary alicyclic amines) is 1. The summed E-state index contributed by atoms with van der Waals surface area (Å²) in [5, 5.41) is 17.0. The van der Waals surface area contributed by atoms with Crippen molar-refractivity contribution in [2.75, 3.05) is 25.0 Å². The van der Waals surface area contributed by atoms with Gasteiger partial charge in [-0.05, 0) is 62.2 Å². The average Bonchev–Trinajstić information content (AvgIpc) is 2.68. The molecule has 0 spiro atoms. The lowest BCUT2D eigenvalue weighted by atomic mass is 9.81. The lowest BCUT2D eigenvalue weighted by molar-refractivity contribution is -0.108. The molecule has 2 aliphatic rings. The first-order chi connectivity index (χ1) is 13.9. The first-order valence-corrected chi connectivity index (χ1v) is 9.93. The summed E-state index contributed by atoms with van der Waals surface area (Å²) in [4.78, 5) is 14.5. The summed E-state index contributed by atoms with van der Waals surface area (Å²) in [6, 6.07) is 8.42. The highest BCUT2D eigenvalue weighted by Gasteiger charge is 2.49. The molecule has 1 atom stereocenters. The second-order valence-electron chi connectivity index (χ2n) is 8.07. The Kier molecular flexibility index (Phi) is 5.27. The van der Waals surface area contributed by atoms with Crippen molar-refractivity contribution in [3.8, 4) is 0 Å². The molecule has 4 rings (SSSR count). The molecule has 1 unspecified atom stereocenters. The monoisotopic (exact) mass is 401 g/mol. The van der Waals surface area contributed by atoms with Crippen molar-refractivity contribution < 1.29 is 18.7 Å². The predicted octanol–water partition coefficient (Wildman–Crippen LogP) is 3.35. The summed E-state index contributed by atoms with van der Waals surface area (Å²) < 4.78 is 28.1. The Morgan fingerprint density at radius 2 is 1.97 bits per heavy atom. The number of hydrogen-bond acceptors (Lipinski definition) is 4. The fraction of sp³-hybridized carbons (Fsp3) is 0.409. The Morgan fingerprint density at radius 3 is 2.66 bits per heavy atom. The van der Waals surface area contributed by atoms with Crippen molar-refractivity contribution >= 4 is 17.3 Å². The third kappa shape index (κ3) is 3.97. The van der Waals surface area contributed by atoms with Crippen LogP contribution in [0, 0.1) is 18.6 Å². The first kappa shape index (κ1) is 19.8. The van der Waals surface area contributed by atoms with Gasteiger partial charge >= 0.3 is 0 Å². The third-order valence-corrected chi connectivity index (χ3v) is 5.78. The van der Waals surface area contributed by atoms with Crippen LogP contribution in [0.4, 0.5) is 20.2 Å². The van der Waals surface area contributed by atoms with Gasteiger partial charge in [-0.3, -0.25) is 4.79 Å². The van der Waals surface area contributed by atoms with Crippen molar-refractivity contribution in [1.82, 2.24) is 10.2 Å². The summed E-state index contributed by atoms with van der Waals surface area (Å²) in [6.07, 6.45) is 3.03. The van der Waals surface area contributed by atoms with Gasteiger partial charge in [0.05, 0.1) is 30.0 Å². The van der Waals surface area contributed by atoms with Gasteiger partial charge in [-0.15, -0.1) is 0 Å². The number of rotatable bonds is 4. The van der Waals surface area contributed by atoms with Crippen LogP contribution in [0.1, 0.15) is 35.2 Å². The van der Waals surface area contributed by atoms with Crippen LogP contribution in [0.15, 0.2) is 36.4 Å². The van der Waals surface area contributed by atoms with E-state index in [1.54, 1.807) is 24.0 Å². The maximum absolute atomic E-state index is 14.2. The molecule has 2 heterocycles. The van der Waals surface area contributed by atoms with Crippen molar-refractivity contribution in [2.24, 2.45) is 0 Å². The van der Waals surface area contributed by atoms with Crippen LogP contribution < -0.4 is 10.6 Å². The molecular formula is C22H25F2N3O2. The zero-order chi connectivity index (χ0) is 20.6. The highest BCUT2D eigenvalue weighted by atomic mass is 19.1. The number of piperidine rings is 1. The van der Waals surface area contributed by atoms with Gasteiger partial charge in [0.2, 0.25) is 0 Å². The minimum atomic E-state index is -0.938. The van der Waals surface area contributed by atoms with E-state index in [0.717, 1.165) is 31.4 Å². The second kappa shape index (κ2) is 7.72. The van der Waals surface area contributed by atoms with E-state index in [4.69, 9.17) is 0 Å². The van der Waals surface area contributed by atoms with Crippen LogP contribution in [0.2, 0.25) is 0 Å². The predicted molar refractivity (Wildman–Crippen MR) is 107 cm³/mol. The lowest BCUT2D eigenvalue weighted by Gasteiger charge is -2.51. The Bertz CT molecular complexity index is 922. The fourth-order valence-electron chi connectivity index (χ4n) is 4.13. The van der Waals surface area contributed by atoms with E-state index in [9.17, 15) is 18.7 Å². The number of nitrogens with zero attached hydrogens (tertiary/aromatic N) is 1. The molecule has 3 N–H and O–H groups in total. The average molecular weight is 401 g/mol. The molecule has 7 heteroatoms. The SMILES string of the molecule is Cc1ccc(Nc2cc(F)ccc2C(=O)N2CC(O)(C3CCCCN3)C2)c(F)c1. The van der Waals surface area contributed by atoms with E-state index in [1.165, 1.54) is 24.3 Å². The number of amides is 1. The van der Waals surface area contributed by atoms with Crippen molar-refractivity contribution in [3.05, 3.63) is 59.2 Å². The van der Waals surface area contributed by atoms with E-state index in [2.05, 4.69) is 10.6 Å². The number of aryl methyl sites for hydroxylation is 1. The molecule has 2 aromatic carbocycles. The number of hydrogen-bond donors (Lipinski definition) is 3. The standard InChI is InChI=1S/C22H25F2N3O2/c1-14-5-8-18(17(24)10-14)26-19-11-15(23)6-7-16(19)21(28)27-12-22(29,13-27)20-4-2-3-9-25-20/h5-8,10-11,20,25-26,29H,2-4,9,12-13H2,1H3. The van der Waals surface area contributed by atoms with Crippen molar-refractivity contribution in [3.63, 3.8) is 0 Å².